The first kappa shape index (κ1) is 37.6. The zero-order chi connectivity index (χ0) is 40.8. The summed E-state index contributed by atoms with van der Waals surface area (Å²) in [6, 6.07) is 72.9. The molecule has 0 saturated heterocycles. The van der Waals surface area contributed by atoms with Crippen LogP contribution in [0.5, 0.6) is 0 Å². The van der Waals surface area contributed by atoms with E-state index in [0.717, 1.165) is 77.9 Å². The van der Waals surface area contributed by atoms with Crippen molar-refractivity contribution in [3.63, 3.8) is 0 Å². The van der Waals surface area contributed by atoms with Gasteiger partial charge in [0.25, 0.3) is 0 Å². The highest BCUT2D eigenvalue weighted by Crippen LogP contribution is 2.37. The van der Waals surface area contributed by atoms with Crippen molar-refractivity contribution in [2.75, 3.05) is 9.80 Å². The maximum Gasteiger partial charge on any atom is 0.100 e. The molecule has 0 aromatic heterocycles. The van der Waals surface area contributed by atoms with Crippen molar-refractivity contribution < 1.29 is 0 Å². The van der Waals surface area contributed by atoms with Gasteiger partial charge in [-0.25, -0.2) is 0 Å². The summed E-state index contributed by atoms with van der Waals surface area (Å²) >= 11 is 0. The van der Waals surface area contributed by atoms with Gasteiger partial charge in [0.1, 0.15) is 6.07 Å². The van der Waals surface area contributed by atoms with Crippen LogP contribution in [-0.2, 0) is 0 Å². The van der Waals surface area contributed by atoms with Gasteiger partial charge in [0.05, 0.1) is 5.56 Å². The van der Waals surface area contributed by atoms with E-state index in [9.17, 15) is 5.26 Å². The topological polar surface area (TPSA) is 30.3 Å². The van der Waals surface area contributed by atoms with Crippen LogP contribution in [0, 0.1) is 25.2 Å². The molecule has 286 valence electrons. The van der Waals surface area contributed by atoms with Crippen molar-refractivity contribution in [1.82, 2.24) is 0 Å². The predicted molar refractivity (Wildman–Crippen MR) is 256 cm³/mol. The Morgan fingerprint density at radius 2 is 0.733 bits per heavy atom. The number of aryl methyl sites for hydroxylation is 2. The van der Waals surface area contributed by atoms with E-state index in [-0.39, 0.29) is 0 Å². The first-order valence-electron chi connectivity index (χ1n) is 20.3. The normalized spacial score (nSPS) is 11.3. The molecule has 9 aromatic carbocycles. The molecule has 0 aliphatic rings. The zero-order valence-corrected chi connectivity index (χ0v) is 33.7. The van der Waals surface area contributed by atoms with Gasteiger partial charge < -0.3 is 9.80 Å². The van der Waals surface area contributed by atoms with E-state index in [0.29, 0.717) is 5.56 Å². The van der Waals surface area contributed by atoms with Crippen LogP contribution < -0.4 is 9.80 Å². The summed E-state index contributed by atoms with van der Waals surface area (Å²) in [5.74, 6) is 0. The van der Waals surface area contributed by atoms with Crippen molar-refractivity contribution in [1.29, 1.82) is 5.26 Å². The Hall–Kier alpha value is -7.93. The summed E-state index contributed by atoms with van der Waals surface area (Å²) in [6.07, 6.45) is 8.54. The highest BCUT2D eigenvalue weighted by molar-refractivity contribution is 6.05. The second-order valence-electron chi connectivity index (χ2n) is 15.2. The fourth-order valence-electron chi connectivity index (χ4n) is 7.78. The van der Waals surface area contributed by atoms with Gasteiger partial charge in [0.2, 0.25) is 0 Å². The number of nitrogens with zero attached hydrogens (tertiary/aromatic N) is 3. The number of anilines is 6. The van der Waals surface area contributed by atoms with Crippen molar-refractivity contribution in [2.45, 2.75) is 13.8 Å². The van der Waals surface area contributed by atoms with Crippen LogP contribution in [0.4, 0.5) is 34.1 Å². The molecule has 3 nitrogen and oxygen atoms in total. The molecule has 0 saturated carbocycles. The molecule has 0 radical (unpaired) electrons. The molecule has 0 atom stereocenters. The fourth-order valence-corrected chi connectivity index (χ4v) is 7.78. The molecule has 9 aromatic rings. The Bertz CT molecular complexity index is 3010. The fraction of sp³-hybridized carbons (Fsp3) is 0.0351. The van der Waals surface area contributed by atoms with E-state index in [2.05, 4.69) is 242 Å². The van der Waals surface area contributed by atoms with Gasteiger partial charge in [-0.15, -0.1) is 0 Å². The molecular weight excluding hydrogens is 727 g/mol. The summed E-state index contributed by atoms with van der Waals surface area (Å²) in [5, 5.41) is 14.4. The van der Waals surface area contributed by atoms with Gasteiger partial charge >= 0.3 is 0 Å². The lowest BCUT2D eigenvalue weighted by atomic mass is 9.94. The summed E-state index contributed by atoms with van der Waals surface area (Å²) in [7, 11) is 0. The third kappa shape index (κ3) is 8.09. The third-order valence-electron chi connectivity index (χ3n) is 11.0. The van der Waals surface area contributed by atoms with Gasteiger partial charge in [0, 0.05) is 44.9 Å². The second kappa shape index (κ2) is 16.9. The van der Waals surface area contributed by atoms with E-state index < -0.39 is 0 Å². The maximum atomic E-state index is 10.4. The number of benzene rings is 9. The van der Waals surface area contributed by atoms with Crippen LogP contribution in [0.2, 0.25) is 0 Å². The van der Waals surface area contributed by atoms with E-state index in [4.69, 9.17) is 0 Å². The zero-order valence-electron chi connectivity index (χ0n) is 33.7. The van der Waals surface area contributed by atoms with Crippen LogP contribution in [-0.4, -0.2) is 0 Å². The number of para-hydroxylation sites is 2. The Morgan fingerprint density at radius 3 is 1.20 bits per heavy atom. The SMILES string of the molecule is Cc1ccc(N(c2ccccc2)c2ccc(C=Cc3ccc4c(C#N)c5cc(C=Cc6ccc(N(c7ccccc7)c7ccc(C)cc7)cc6)ccc5cc4c3)cc2)cc1. The smallest absolute Gasteiger partial charge is 0.100 e. The summed E-state index contributed by atoms with van der Waals surface area (Å²) in [5.41, 5.74) is 14.2. The molecule has 0 bridgehead atoms. The molecule has 0 unspecified atom stereocenters. The lowest BCUT2D eigenvalue weighted by molar-refractivity contribution is 1.27. The van der Waals surface area contributed by atoms with Crippen molar-refractivity contribution >= 4 is 80.0 Å². The van der Waals surface area contributed by atoms with E-state index in [1.807, 2.05) is 12.1 Å². The minimum absolute atomic E-state index is 0.696. The van der Waals surface area contributed by atoms with Crippen LogP contribution >= 0.6 is 0 Å². The average molecular weight is 770 g/mol. The minimum atomic E-state index is 0.696. The predicted octanol–water partition coefficient (Wildman–Crippen LogP) is 15.8. The lowest BCUT2D eigenvalue weighted by Crippen LogP contribution is -2.09. The molecule has 9 rings (SSSR count). The Labute approximate surface area is 352 Å². The van der Waals surface area contributed by atoms with Crippen molar-refractivity contribution in [3.8, 4) is 6.07 Å². The van der Waals surface area contributed by atoms with E-state index >= 15 is 0 Å². The first-order valence-corrected chi connectivity index (χ1v) is 20.3. The first-order chi connectivity index (χ1) is 29.5. The van der Waals surface area contributed by atoms with Gasteiger partial charge in [-0.3, -0.25) is 0 Å². The number of hydrogen-bond acceptors (Lipinski definition) is 3. The van der Waals surface area contributed by atoms with Crippen molar-refractivity contribution in [2.24, 2.45) is 0 Å². The molecule has 0 aliphatic carbocycles. The molecule has 0 N–H and O–H groups in total. The number of fused-ring (bicyclic) bond motifs is 2. The highest BCUT2D eigenvalue weighted by Gasteiger charge is 2.14. The Morgan fingerprint density at radius 1 is 0.350 bits per heavy atom. The highest BCUT2D eigenvalue weighted by atomic mass is 15.1. The summed E-state index contributed by atoms with van der Waals surface area (Å²) in [6.45, 7) is 4.22. The molecular formula is C57H43N3. The quantitative estimate of drug-likeness (QED) is 0.102. The molecule has 3 heteroatoms. The number of nitriles is 1. The number of hydrogen-bond donors (Lipinski definition) is 0. The van der Waals surface area contributed by atoms with Crippen LogP contribution in [0.15, 0.2) is 200 Å². The lowest BCUT2D eigenvalue weighted by Gasteiger charge is -2.25. The van der Waals surface area contributed by atoms with Gasteiger partial charge in [0.15, 0.2) is 0 Å². The summed E-state index contributed by atoms with van der Waals surface area (Å²) < 4.78 is 0. The molecule has 0 heterocycles. The molecule has 60 heavy (non-hydrogen) atoms. The third-order valence-corrected chi connectivity index (χ3v) is 11.0. The van der Waals surface area contributed by atoms with Crippen LogP contribution in [0.25, 0.3) is 45.8 Å². The van der Waals surface area contributed by atoms with Gasteiger partial charge in [-0.2, -0.15) is 5.26 Å². The molecule has 0 amide bonds. The molecule has 0 spiro atoms. The van der Waals surface area contributed by atoms with Gasteiger partial charge in [-0.1, -0.05) is 145 Å². The monoisotopic (exact) mass is 769 g/mol. The minimum Gasteiger partial charge on any atom is -0.311 e. The van der Waals surface area contributed by atoms with Crippen molar-refractivity contribution in [3.05, 3.63) is 239 Å². The van der Waals surface area contributed by atoms with E-state index in [1.165, 1.54) is 11.1 Å². The van der Waals surface area contributed by atoms with Crippen LogP contribution in [0.3, 0.4) is 0 Å². The molecule has 0 aliphatic heterocycles. The number of rotatable bonds is 10. The van der Waals surface area contributed by atoms with E-state index in [1.54, 1.807) is 0 Å². The van der Waals surface area contributed by atoms with Crippen LogP contribution in [0.1, 0.15) is 38.9 Å². The second-order valence-corrected chi connectivity index (χ2v) is 15.2. The maximum absolute atomic E-state index is 10.4. The average Bonchev–Trinajstić information content (AvgIpc) is 3.30. The summed E-state index contributed by atoms with van der Waals surface area (Å²) in [4.78, 5) is 4.55. The Kier molecular flexibility index (Phi) is 10.6. The Balaban J connectivity index is 0.936. The molecule has 0 fully saturated rings. The standard InChI is InChI=1S/C57H43N3/c1-41-13-28-51(29-14-41)59(49-9-5-3-6-10-49)53-32-22-43(23-33-53)17-19-45-26-36-55-48(37-45)39-47-27-21-46(38-56(47)57(55)40-58)20-18-44-24-34-54(35-25-44)60(50-11-7-4-8-12-50)52-30-15-42(2)16-31-52/h3-39H,1-2H3. The largest absolute Gasteiger partial charge is 0.311 e. The van der Waals surface area contributed by atoms with Gasteiger partial charge in [-0.05, 0) is 138 Å².